The number of hydrogen-bond acceptors (Lipinski definition) is 4. The third-order valence-electron chi connectivity index (χ3n) is 1.80. The maximum absolute atomic E-state index is 11.0. The van der Waals surface area contributed by atoms with E-state index in [4.69, 9.17) is 10.5 Å². The van der Waals surface area contributed by atoms with Crippen molar-refractivity contribution in [3.05, 3.63) is 23.8 Å². The van der Waals surface area contributed by atoms with Gasteiger partial charge in [0.05, 0.1) is 20.6 Å². The molecule has 14 heavy (non-hydrogen) atoms. The zero-order valence-electron chi connectivity index (χ0n) is 8.24. The van der Waals surface area contributed by atoms with Crippen LogP contribution in [0.15, 0.2) is 18.2 Å². The second-order valence-electron chi connectivity index (χ2n) is 2.87. The van der Waals surface area contributed by atoms with Crippen molar-refractivity contribution < 1.29 is 14.3 Å². The van der Waals surface area contributed by atoms with E-state index in [0.717, 1.165) is 5.56 Å². The zero-order chi connectivity index (χ0) is 10.6. The molecule has 0 saturated carbocycles. The molecule has 0 aliphatic heterocycles. The van der Waals surface area contributed by atoms with Crippen molar-refractivity contribution >= 4 is 11.7 Å². The van der Waals surface area contributed by atoms with Gasteiger partial charge in [0.15, 0.2) is 0 Å². The molecule has 2 N–H and O–H groups in total. The Labute approximate surface area is 82.6 Å². The molecule has 0 aliphatic carbocycles. The average molecular weight is 195 g/mol. The molecular weight excluding hydrogens is 182 g/mol. The van der Waals surface area contributed by atoms with E-state index in [0.29, 0.717) is 11.4 Å². The maximum atomic E-state index is 11.0. The highest BCUT2D eigenvalue weighted by Crippen LogP contribution is 2.18. The van der Waals surface area contributed by atoms with Crippen LogP contribution in [-0.2, 0) is 16.0 Å². The highest BCUT2D eigenvalue weighted by atomic mass is 16.5. The largest absolute Gasteiger partial charge is 0.497 e. The number of esters is 1. The van der Waals surface area contributed by atoms with Crippen LogP contribution < -0.4 is 10.5 Å². The van der Waals surface area contributed by atoms with Gasteiger partial charge in [-0.2, -0.15) is 0 Å². The summed E-state index contributed by atoms with van der Waals surface area (Å²) in [4.78, 5) is 11.0. The molecule has 0 atom stereocenters. The van der Waals surface area contributed by atoms with Crippen LogP contribution >= 0.6 is 0 Å². The molecule has 0 unspecified atom stereocenters. The maximum Gasteiger partial charge on any atom is 0.309 e. The smallest absolute Gasteiger partial charge is 0.309 e. The number of anilines is 1. The van der Waals surface area contributed by atoms with Gasteiger partial charge in [0, 0.05) is 11.8 Å². The normalized spacial score (nSPS) is 9.57. The van der Waals surface area contributed by atoms with E-state index in [9.17, 15) is 4.79 Å². The highest BCUT2D eigenvalue weighted by Gasteiger charge is 2.05. The Hall–Kier alpha value is -1.71. The summed E-state index contributed by atoms with van der Waals surface area (Å²) in [7, 11) is 2.91. The summed E-state index contributed by atoms with van der Waals surface area (Å²) in [5.41, 5.74) is 6.98. The fourth-order valence-corrected chi connectivity index (χ4v) is 1.14. The van der Waals surface area contributed by atoms with E-state index in [-0.39, 0.29) is 12.4 Å². The Morgan fingerprint density at radius 1 is 1.36 bits per heavy atom. The SMILES string of the molecule is COC(=O)Cc1cc(N)cc(OC)c1. The quantitative estimate of drug-likeness (QED) is 0.577. The van der Waals surface area contributed by atoms with Crippen molar-refractivity contribution in [3.8, 4) is 5.75 Å². The van der Waals surface area contributed by atoms with E-state index < -0.39 is 0 Å². The van der Waals surface area contributed by atoms with Crippen LogP contribution in [0.3, 0.4) is 0 Å². The molecule has 0 aromatic heterocycles. The number of rotatable bonds is 3. The lowest BCUT2D eigenvalue weighted by Crippen LogP contribution is -2.05. The van der Waals surface area contributed by atoms with Crippen LogP contribution in [0.2, 0.25) is 0 Å². The van der Waals surface area contributed by atoms with Crippen molar-refractivity contribution in [1.82, 2.24) is 0 Å². The molecule has 4 nitrogen and oxygen atoms in total. The van der Waals surface area contributed by atoms with Gasteiger partial charge in [-0.25, -0.2) is 0 Å². The molecule has 0 bridgehead atoms. The number of carbonyl (C=O) groups excluding carboxylic acids is 1. The van der Waals surface area contributed by atoms with E-state index in [1.165, 1.54) is 7.11 Å². The minimum atomic E-state index is -0.294. The lowest BCUT2D eigenvalue weighted by atomic mass is 10.1. The van der Waals surface area contributed by atoms with Gasteiger partial charge in [-0.15, -0.1) is 0 Å². The fourth-order valence-electron chi connectivity index (χ4n) is 1.14. The van der Waals surface area contributed by atoms with Crippen molar-refractivity contribution in [2.45, 2.75) is 6.42 Å². The van der Waals surface area contributed by atoms with Gasteiger partial charge in [-0.1, -0.05) is 0 Å². The molecular formula is C10H13NO3. The topological polar surface area (TPSA) is 61.5 Å². The Bertz CT molecular complexity index is 336. The van der Waals surface area contributed by atoms with Gasteiger partial charge in [0.25, 0.3) is 0 Å². The summed E-state index contributed by atoms with van der Waals surface area (Å²) in [5, 5.41) is 0. The molecule has 0 radical (unpaired) electrons. The summed E-state index contributed by atoms with van der Waals surface area (Å²) < 4.78 is 9.57. The molecule has 1 aromatic carbocycles. The van der Waals surface area contributed by atoms with E-state index in [2.05, 4.69) is 4.74 Å². The molecule has 4 heteroatoms. The molecule has 0 heterocycles. The zero-order valence-corrected chi connectivity index (χ0v) is 8.24. The van der Waals surface area contributed by atoms with E-state index in [1.54, 1.807) is 25.3 Å². The lowest BCUT2D eigenvalue weighted by Gasteiger charge is -2.05. The van der Waals surface area contributed by atoms with Gasteiger partial charge < -0.3 is 15.2 Å². The van der Waals surface area contributed by atoms with E-state index >= 15 is 0 Å². The average Bonchev–Trinajstić information content (AvgIpc) is 2.16. The lowest BCUT2D eigenvalue weighted by molar-refractivity contribution is -0.139. The molecule has 1 aromatic rings. The first-order valence-electron chi connectivity index (χ1n) is 4.16. The monoisotopic (exact) mass is 195 g/mol. The third kappa shape index (κ3) is 2.65. The van der Waals surface area contributed by atoms with Crippen LogP contribution in [0.1, 0.15) is 5.56 Å². The number of benzene rings is 1. The Balaban J connectivity index is 2.86. The van der Waals surface area contributed by atoms with Crippen LogP contribution in [0.25, 0.3) is 0 Å². The first kappa shape index (κ1) is 10.4. The molecule has 0 amide bonds. The summed E-state index contributed by atoms with van der Waals surface area (Å²) in [6.07, 6.45) is 0.206. The van der Waals surface area contributed by atoms with E-state index in [1.807, 2.05) is 0 Å². The molecule has 0 spiro atoms. The fraction of sp³-hybridized carbons (Fsp3) is 0.300. The van der Waals surface area contributed by atoms with Crippen LogP contribution in [0.5, 0.6) is 5.75 Å². The van der Waals surface area contributed by atoms with Crippen molar-refractivity contribution in [2.75, 3.05) is 20.0 Å². The minimum absolute atomic E-state index is 0.206. The Kier molecular flexibility index (Phi) is 3.34. The second-order valence-corrected chi connectivity index (χ2v) is 2.87. The highest BCUT2D eigenvalue weighted by molar-refractivity contribution is 5.73. The van der Waals surface area contributed by atoms with Crippen LogP contribution in [0, 0.1) is 0 Å². The molecule has 1 rings (SSSR count). The third-order valence-corrected chi connectivity index (χ3v) is 1.80. The predicted molar refractivity (Wildman–Crippen MR) is 53.1 cm³/mol. The van der Waals surface area contributed by atoms with Gasteiger partial charge in [-0.05, 0) is 17.7 Å². The summed E-state index contributed by atoms with van der Waals surface area (Å²) in [5.74, 6) is 0.349. The minimum Gasteiger partial charge on any atom is -0.497 e. The Morgan fingerprint density at radius 3 is 2.64 bits per heavy atom. The Morgan fingerprint density at radius 2 is 2.07 bits per heavy atom. The number of carbonyl (C=O) groups is 1. The van der Waals surface area contributed by atoms with Crippen LogP contribution in [0.4, 0.5) is 5.69 Å². The summed E-state index contributed by atoms with van der Waals surface area (Å²) in [6, 6.07) is 5.17. The summed E-state index contributed by atoms with van der Waals surface area (Å²) in [6.45, 7) is 0. The van der Waals surface area contributed by atoms with Gasteiger partial charge in [0.1, 0.15) is 5.75 Å². The van der Waals surface area contributed by atoms with Crippen LogP contribution in [-0.4, -0.2) is 20.2 Å². The molecule has 0 saturated heterocycles. The van der Waals surface area contributed by atoms with Gasteiger partial charge in [-0.3, -0.25) is 4.79 Å². The molecule has 0 fully saturated rings. The van der Waals surface area contributed by atoms with Crippen molar-refractivity contribution in [3.63, 3.8) is 0 Å². The standard InChI is InChI=1S/C10H13NO3/c1-13-9-4-7(3-8(11)6-9)5-10(12)14-2/h3-4,6H,5,11H2,1-2H3. The first-order valence-corrected chi connectivity index (χ1v) is 4.16. The number of nitrogen functional groups attached to an aromatic ring is 1. The number of nitrogens with two attached hydrogens (primary N) is 1. The number of methoxy groups -OCH3 is 2. The molecule has 76 valence electrons. The first-order chi connectivity index (χ1) is 6.65. The molecule has 0 aliphatic rings. The van der Waals surface area contributed by atoms with Crippen molar-refractivity contribution in [2.24, 2.45) is 0 Å². The predicted octanol–water partition coefficient (Wildman–Crippen LogP) is 0.993. The van der Waals surface area contributed by atoms with Crippen molar-refractivity contribution in [1.29, 1.82) is 0 Å². The number of hydrogen-bond donors (Lipinski definition) is 1. The second kappa shape index (κ2) is 4.50. The summed E-state index contributed by atoms with van der Waals surface area (Å²) >= 11 is 0. The van der Waals surface area contributed by atoms with Gasteiger partial charge in [0.2, 0.25) is 0 Å². The number of ether oxygens (including phenoxy) is 2. The van der Waals surface area contributed by atoms with Gasteiger partial charge >= 0.3 is 5.97 Å².